The number of aromatic nitrogens is 4. The van der Waals surface area contributed by atoms with Crippen LogP contribution in [0.1, 0.15) is 18.1 Å². The summed E-state index contributed by atoms with van der Waals surface area (Å²) in [5.41, 5.74) is 3.16. The average Bonchev–Trinajstić information content (AvgIpc) is 3.16. The Hall–Kier alpha value is -2.58. The molecule has 1 heterocycles. The van der Waals surface area contributed by atoms with Crippen molar-refractivity contribution in [3.8, 4) is 17.2 Å². The third-order valence-corrected chi connectivity index (χ3v) is 5.08. The number of hydrogen-bond acceptors (Lipinski definition) is 7. The van der Waals surface area contributed by atoms with Gasteiger partial charge in [0.2, 0.25) is 5.16 Å². The molecule has 0 fully saturated rings. The number of rotatable bonds is 9. The van der Waals surface area contributed by atoms with Gasteiger partial charge in [0.1, 0.15) is 18.1 Å². The molecule has 0 spiro atoms. The minimum atomic E-state index is -0.652. The number of nitrogens with zero attached hydrogens (tertiary/aromatic N) is 4. The number of aliphatic hydroxyl groups is 1. The zero-order chi connectivity index (χ0) is 19.9. The van der Waals surface area contributed by atoms with Crippen molar-refractivity contribution in [2.75, 3.05) is 19.0 Å². The molecule has 7 nitrogen and oxygen atoms in total. The molecule has 0 bridgehead atoms. The Kier molecular flexibility index (Phi) is 6.89. The molecule has 3 rings (SSSR count). The normalized spacial score (nSPS) is 12.0. The Morgan fingerprint density at radius 2 is 1.79 bits per heavy atom. The fraction of sp³-hybridized carbons (Fsp3) is 0.350. The Labute approximate surface area is 168 Å². The molecule has 1 aromatic heterocycles. The Bertz CT molecular complexity index is 899. The van der Waals surface area contributed by atoms with E-state index < -0.39 is 6.10 Å². The molecule has 0 radical (unpaired) electrons. The third-order valence-electron chi connectivity index (χ3n) is 4.02. The third kappa shape index (κ3) is 5.24. The summed E-state index contributed by atoms with van der Waals surface area (Å²) in [5, 5.41) is 22.8. The quantitative estimate of drug-likeness (QED) is 0.552. The van der Waals surface area contributed by atoms with E-state index in [-0.39, 0.29) is 6.61 Å². The van der Waals surface area contributed by atoms with Gasteiger partial charge in [-0.25, -0.2) is 0 Å². The predicted molar refractivity (Wildman–Crippen MR) is 108 cm³/mol. The number of ether oxygens (including phenoxy) is 2. The fourth-order valence-corrected chi connectivity index (χ4v) is 3.37. The van der Waals surface area contributed by atoms with Crippen molar-refractivity contribution in [2.24, 2.45) is 0 Å². The van der Waals surface area contributed by atoms with Crippen LogP contribution < -0.4 is 9.47 Å². The van der Waals surface area contributed by atoms with E-state index in [4.69, 9.17) is 9.47 Å². The molecule has 0 amide bonds. The molecular formula is C20H24N4O3S. The van der Waals surface area contributed by atoms with Crippen molar-refractivity contribution in [3.63, 3.8) is 0 Å². The SMILES string of the molecule is CCOc1ccc(OCC(O)CSc2nnnn2-c2cc(C)ccc2C)cc1. The van der Waals surface area contributed by atoms with Gasteiger partial charge in [-0.15, -0.1) is 5.10 Å². The minimum Gasteiger partial charge on any atom is -0.494 e. The number of benzene rings is 2. The maximum Gasteiger partial charge on any atom is 0.214 e. The van der Waals surface area contributed by atoms with Crippen molar-refractivity contribution < 1.29 is 14.6 Å². The van der Waals surface area contributed by atoms with Gasteiger partial charge in [0.25, 0.3) is 0 Å². The van der Waals surface area contributed by atoms with Crippen molar-refractivity contribution in [2.45, 2.75) is 32.0 Å². The van der Waals surface area contributed by atoms with Crippen molar-refractivity contribution in [1.29, 1.82) is 0 Å². The highest BCUT2D eigenvalue weighted by molar-refractivity contribution is 7.99. The van der Waals surface area contributed by atoms with Gasteiger partial charge in [0, 0.05) is 5.75 Å². The summed E-state index contributed by atoms with van der Waals surface area (Å²) in [5.74, 6) is 1.90. The molecule has 28 heavy (non-hydrogen) atoms. The van der Waals surface area contributed by atoms with Crippen molar-refractivity contribution >= 4 is 11.8 Å². The number of tetrazole rings is 1. The second-order valence-corrected chi connectivity index (χ2v) is 7.33. The lowest BCUT2D eigenvalue weighted by molar-refractivity contribution is 0.126. The number of aryl methyl sites for hydroxylation is 2. The zero-order valence-electron chi connectivity index (χ0n) is 16.2. The summed E-state index contributed by atoms with van der Waals surface area (Å²) >= 11 is 1.39. The Balaban J connectivity index is 1.55. The van der Waals surface area contributed by atoms with E-state index in [0.29, 0.717) is 23.3 Å². The number of hydrogen-bond donors (Lipinski definition) is 1. The first-order valence-electron chi connectivity index (χ1n) is 9.09. The van der Waals surface area contributed by atoms with Gasteiger partial charge in [0.15, 0.2) is 0 Å². The molecule has 0 aliphatic carbocycles. The van der Waals surface area contributed by atoms with E-state index in [2.05, 4.69) is 21.6 Å². The van der Waals surface area contributed by atoms with Crippen LogP contribution in [-0.4, -0.2) is 50.4 Å². The van der Waals surface area contributed by atoms with E-state index in [1.54, 1.807) is 4.68 Å². The van der Waals surface area contributed by atoms with E-state index in [1.165, 1.54) is 11.8 Å². The van der Waals surface area contributed by atoms with Crippen LogP contribution in [0, 0.1) is 13.8 Å². The van der Waals surface area contributed by atoms with E-state index in [9.17, 15) is 5.11 Å². The number of thioether (sulfide) groups is 1. The summed E-state index contributed by atoms with van der Waals surface area (Å²) < 4.78 is 12.7. The first-order chi connectivity index (χ1) is 13.6. The van der Waals surface area contributed by atoms with Crippen LogP contribution in [0.15, 0.2) is 47.6 Å². The zero-order valence-corrected chi connectivity index (χ0v) is 17.0. The largest absolute Gasteiger partial charge is 0.494 e. The fourth-order valence-electron chi connectivity index (χ4n) is 2.58. The monoisotopic (exact) mass is 400 g/mol. The molecule has 0 aliphatic rings. The van der Waals surface area contributed by atoms with Gasteiger partial charge >= 0.3 is 0 Å². The highest BCUT2D eigenvalue weighted by Crippen LogP contribution is 2.23. The molecule has 8 heteroatoms. The molecule has 2 aromatic carbocycles. The standard InChI is InChI=1S/C20H24N4O3S/c1-4-26-17-7-9-18(10-8-17)27-12-16(25)13-28-20-21-22-23-24(20)19-11-14(2)5-6-15(19)3/h5-11,16,25H,4,12-13H2,1-3H3. The molecule has 1 N–H and O–H groups in total. The molecule has 148 valence electrons. The van der Waals surface area contributed by atoms with Crippen LogP contribution in [0.3, 0.4) is 0 Å². The summed E-state index contributed by atoms with van der Waals surface area (Å²) in [6.07, 6.45) is -0.652. The van der Waals surface area contributed by atoms with Crippen LogP contribution in [0.5, 0.6) is 11.5 Å². The van der Waals surface area contributed by atoms with E-state index >= 15 is 0 Å². The highest BCUT2D eigenvalue weighted by atomic mass is 32.2. The average molecular weight is 401 g/mol. The van der Waals surface area contributed by atoms with Crippen LogP contribution in [0.4, 0.5) is 0 Å². The van der Waals surface area contributed by atoms with Crippen molar-refractivity contribution in [3.05, 3.63) is 53.6 Å². The predicted octanol–water partition coefficient (Wildman–Crippen LogP) is 3.21. The lowest BCUT2D eigenvalue weighted by Crippen LogP contribution is -2.20. The van der Waals surface area contributed by atoms with Crippen LogP contribution in [-0.2, 0) is 0 Å². The summed E-state index contributed by atoms with van der Waals surface area (Å²) in [4.78, 5) is 0. The molecule has 0 saturated carbocycles. The van der Waals surface area contributed by atoms with Gasteiger partial charge in [-0.2, -0.15) is 4.68 Å². The lowest BCUT2D eigenvalue weighted by Gasteiger charge is -2.13. The second-order valence-electron chi connectivity index (χ2n) is 6.34. The lowest BCUT2D eigenvalue weighted by atomic mass is 10.1. The molecular weight excluding hydrogens is 376 g/mol. The Morgan fingerprint density at radius 3 is 2.50 bits per heavy atom. The van der Waals surface area contributed by atoms with Gasteiger partial charge < -0.3 is 14.6 Å². The van der Waals surface area contributed by atoms with Gasteiger partial charge in [-0.3, -0.25) is 0 Å². The maximum atomic E-state index is 10.3. The first-order valence-corrected chi connectivity index (χ1v) is 10.1. The van der Waals surface area contributed by atoms with Crippen LogP contribution >= 0.6 is 11.8 Å². The molecule has 0 saturated heterocycles. The van der Waals surface area contributed by atoms with Gasteiger partial charge in [-0.05, 0) is 72.7 Å². The molecule has 3 aromatic rings. The molecule has 1 unspecified atom stereocenters. The van der Waals surface area contributed by atoms with Crippen LogP contribution in [0.25, 0.3) is 5.69 Å². The van der Waals surface area contributed by atoms with Gasteiger partial charge in [0.05, 0.1) is 18.4 Å². The smallest absolute Gasteiger partial charge is 0.214 e. The topological polar surface area (TPSA) is 82.3 Å². The molecule has 1 atom stereocenters. The summed E-state index contributed by atoms with van der Waals surface area (Å²) in [6, 6.07) is 13.5. The summed E-state index contributed by atoms with van der Waals surface area (Å²) in [7, 11) is 0. The molecule has 0 aliphatic heterocycles. The first kappa shape index (κ1) is 20.2. The summed E-state index contributed by atoms with van der Waals surface area (Å²) in [6.45, 7) is 6.80. The van der Waals surface area contributed by atoms with E-state index in [0.717, 1.165) is 22.6 Å². The maximum absolute atomic E-state index is 10.3. The minimum absolute atomic E-state index is 0.187. The number of aliphatic hydroxyl groups excluding tert-OH is 1. The second kappa shape index (κ2) is 9.57. The van der Waals surface area contributed by atoms with Crippen molar-refractivity contribution in [1.82, 2.24) is 20.2 Å². The van der Waals surface area contributed by atoms with Crippen LogP contribution in [0.2, 0.25) is 0 Å². The Morgan fingerprint density at radius 1 is 1.07 bits per heavy atom. The van der Waals surface area contributed by atoms with Gasteiger partial charge in [-0.1, -0.05) is 23.9 Å². The highest BCUT2D eigenvalue weighted by Gasteiger charge is 2.14. The van der Waals surface area contributed by atoms with E-state index in [1.807, 2.05) is 57.2 Å².